The number of aliphatic carboxylic acids is 1. The Morgan fingerprint density at radius 3 is 2.94 bits per heavy atom. The average molecular weight is 312 g/mol. The average Bonchev–Trinajstić information content (AvgIpc) is 2.35. The van der Waals surface area contributed by atoms with E-state index in [9.17, 15) is 9.90 Å². The van der Waals surface area contributed by atoms with Gasteiger partial charge in [0.2, 0.25) is 0 Å². The van der Waals surface area contributed by atoms with Crippen LogP contribution in [0.1, 0.15) is 31.7 Å². The largest absolute Gasteiger partial charge is 0.481 e. The smallest absolute Gasteiger partial charge is 0.311 e. The van der Waals surface area contributed by atoms with Gasteiger partial charge in [-0.05, 0) is 35.6 Å². The van der Waals surface area contributed by atoms with Crippen molar-refractivity contribution in [3.8, 4) is 0 Å². The van der Waals surface area contributed by atoms with E-state index in [1.54, 1.807) is 0 Å². The second-order valence-corrected chi connectivity index (χ2v) is 5.89. The molecular formula is C14H18BrNO2. The number of rotatable bonds is 3. The maximum absolute atomic E-state index is 11.6. The lowest BCUT2D eigenvalue weighted by Gasteiger charge is -2.35. The van der Waals surface area contributed by atoms with Crippen LogP contribution in [0.25, 0.3) is 0 Å². The van der Waals surface area contributed by atoms with Gasteiger partial charge in [-0.3, -0.25) is 4.79 Å². The number of carboxylic acid groups (broad SMARTS) is 1. The minimum atomic E-state index is -0.721. The third-order valence-electron chi connectivity index (χ3n) is 3.95. The molecule has 0 amide bonds. The zero-order valence-electron chi connectivity index (χ0n) is 10.6. The van der Waals surface area contributed by atoms with Gasteiger partial charge in [0.25, 0.3) is 0 Å². The van der Waals surface area contributed by atoms with Crippen molar-refractivity contribution >= 4 is 27.6 Å². The molecule has 0 bridgehead atoms. The molecule has 0 aromatic heterocycles. The lowest BCUT2D eigenvalue weighted by molar-refractivity contribution is -0.140. The first-order valence-corrected chi connectivity index (χ1v) is 7.10. The summed E-state index contributed by atoms with van der Waals surface area (Å²) in [5.41, 5.74) is 1.85. The summed E-state index contributed by atoms with van der Waals surface area (Å²) in [5.74, 6) is -0.588. The summed E-state index contributed by atoms with van der Waals surface area (Å²) in [6, 6.07) is 5.81. The van der Waals surface area contributed by atoms with Crippen molar-refractivity contribution in [2.45, 2.75) is 26.2 Å². The third kappa shape index (κ3) is 2.39. The van der Waals surface area contributed by atoms with Gasteiger partial charge in [-0.1, -0.05) is 36.2 Å². The lowest BCUT2D eigenvalue weighted by Crippen LogP contribution is -2.36. The molecule has 1 heterocycles. The summed E-state index contributed by atoms with van der Waals surface area (Å²) < 4.78 is 0.930. The zero-order valence-corrected chi connectivity index (χ0v) is 12.2. The van der Waals surface area contributed by atoms with Crippen LogP contribution >= 0.6 is 15.9 Å². The number of fused-ring (bicyclic) bond motifs is 1. The maximum atomic E-state index is 11.6. The summed E-state index contributed by atoms with van der Waals surface area (Å²) in [6.07, 6.45) is 0.999. The Labute approximate surface area is 116 Å². The van der Waals surface area contributed by atoms with E-state index in [1.165, 1.54) is 0 Å². The van der Waals surface area contributed by atoms with Crippen LogP contribution in [0.5, 0.6) is 0 Å². The number of nitrogens with one attached hydrogen (secondary N) is 1. The van der Waals surface area contributed by atoms with Crippen LogP contribution in [-0.4, -0.2) is 17.6 Å². The number of benzene rings is 1. The van der Waals surface area contributed by atoms with E-state index >= 15 is 0 Å². The number of carbonyl (C=O) groups is 1. The van der Waals surface area contributed by atoms with Crippen molar-refractivity contribution in [2.75, 3.05) is 11.9 Å². The van der Waals surface area contributed by atoms with Gasteiger partial charge >= 0.3 is 5.97 Å². The molecule has 0 aliphatic carbocycles. The van der Waals surface area contributed by atoms with Crippen LogP contribution in [0.4, 0.5) is 5.69 Å². The normalized spacial score (nSPS) is 23.9. The van der Waals surface area contributed by atoms with Crippen LogP contribution in [-0.2, 0) is 4.79 Å². The Bertz CT molecular complexity index is 461. The molecule has 0 saturated carbocycles. The van der Waals surface area contributed by atoms with Crippen molar-refractivity contribution < 1.29 is 9.90 Å². The molecular weight excluding hydrogens is 294 g/mol. The van der Waals surface area contributed by atoms with Gasteiger partial charge in [-0.2, -0.15) is 0 Å². The van der Waals surface area contributed by atoms with Gasteiger partial charge < -0.3 is 10.4 Å². The molecule has 98 valence electrons. The van der Waals surface area contributed by atoms with Gasteiger partial charge in [0.15, 0.2) is 0 Å². The molecule has 1 aliphatic rings. The summed E-state index contributed by atoms with van der Waals surface area (Å²) in [7, 11) is 0. The van der Waals surface area contributed by atoms with E-state index in [0.717, 1.165) is 28.7 Å². The Morgan fingerprint density at radius 1 is 1.61 bits per heavy atom. The predicted octanol–water partition coefficient (Wildman–Crippen LogP) is 3.71. The topological polar surface area (TPSA) is 49.3 Å². The predicted molar refractivity (Wildman–Crippen MR) is 76.0 cm³/mol. The lowest BCUT2D eigenvalue weighted by atomic mass is 9.75. The highest BCUT2D eigenvalue weighted by Crippen LogP contribution is 2.40. The molecule has 0 fully saturated rings. The number of hydrogen-bond donors (Lipinski definition) is 2. The fourth-order valence-electron chi connectivity index (χ4n) is 2.68. The molecule has 0 spiro atoms. The second-order valence-electron chi connectivity index (χ2n) is 4.98. The minimum Gasteiger partial charge on any atom is -0.481 e. The quantitative estimate of drug-likeness (QED) is 0.894. The zero-order chi connectivity index (χ0) is 13.3. The van der Waals surface area contributed by atoms with E-state index in [1.807, 2.05) is 18.2 Å². The Kier molecular flexibility index (Phi) is 3.95. The van der Waals surface area contributed by atoms with Crippen molar-refractivity contribution in [3.63, 3.8) is 0 Å². The molecule has 1 aromatic carbocycles. The molecule has 18 heavy (non-hydrogen) atoms. The van der Waals surface area contributed by atoms with Gasteiger partial charge in [-0.15, -0.1) is 0 Å². The molecule has 2 rings (SSSR count). The van der Waals surface area contributed by atoms with Gasteiger partial charge in [0.05, 0.1) is 5.92 Å². The first-order chi connectivity index (χ1) is 8.54. The highest BCUT2D eigenvalue weighted by Gasteiger charge is 2.37. The molecule has 3 atom stereocenters. The summed E-state index contributed by atoms with van der Waals surface area (Å²) >= 11 is 3.42. The van der Waals surface area contributed by atoms with Crippen molar-refractivity contribution in [1.29, 1.82) is 0 Å². The Hall–Kier alpha value is -1.03. The number of anilines is 1. The molecule has 3 unspecified atom stereocenters. The summed E-state index contributed by atoms with van der Waals surface area (Å²) in [5, 5.41) is 12.9. The maximum Gasteiger partial charge on any atom is 0.311 e. The van der Waals surface area contributed by atoms with Crippen molar-refractivity contribution in [1.82, 2.24) is 0 Å². The van der Waals surface area contributed by atoms with Crippen LogP contribution in [0, 0.1) is 11.8 Å². The second kappa shape index (κ2) is 5.31. The molecule has 0 radical (unpaired) electrons. The SMILES string of the molecule is CCC(C)C1CNc2ccc(Br)cc2C1C(=O)O. The third-order valence-corrected chi connectivity index (χ3v) is 4.44. The molecule has 3 nitrogen and oxygen atoms in total. The van der Waals surface area contributed by atoms with Crippen LogP contribution < -0.4 is 5.32 Å². The molecule has 0 saturated heterocycles. The number of halogens is 1. The molecule has 1 aliphatic heterocycles. The number of carboxylic acids is 1. The van der Waals surface area contributed by atoms with Crippen LogP contribution in [0.2, 0.25) is 0 Å². The Morgan fingerprint density at radius 2 is 2.33 bits per heavy atom. The fourth-order valence-corrected chi connectivity index (χ4v) is 3.06. The number of hydrogen-bond acceptors (Lipinski definition) is 2. The highest BCUT2D eigenvalue weighted by molar-refractivity contribution is 9.10. The molecule has 1 aromatic rings. The first kappa shape index (κ1) is 13.4. The standard InChI is InChI=1S/C14H18BrNO2/c1-3-8(2)11-7-16-12-5-4-9(15)6-10(12)13(11)14(17)18/h4-6,8,11,13,16H,3,7H2,1-2H3,(H,17,18). The Balaban J connectivity index is 2.44. The monoisotopic (exact) mass is 311 g/mol. The van der Waals surface area contributed by atoms with Gasteiger partial charge in [0.1, 0.15) is 0 Å². The minimum absolute atomic E-state index is 0.147. The van der Waals surface area contributed by atoms with E-state index in [2.05, 4.69) is 35.1 Å². The van der Waals surface area contributed by atoms with Crippen molar-refractivity contribution in [3.05, 3.63) is 28.2 Å². The van der Waals surface area contributed by atoms with E-state index in [-0.39, 0.29) is 5.92 Å². The first-order valence-electron chi connectivity index (χ1n) is 6.30. The molecule has 4 heteroatoms. The van der Waals surface area contributed by atoms with Crippen LogP contribution in [0.15, 0.2) is 22.7 Å². The van der Waals surface area contributed by atoms with Gasteiger partial charge in [-0.25, -0.2) is 0 Å². The van der Waals surface area contributed by atoms with E-state index < -0.39 is 11.9 Å². The summed E-state index contributed by atoms with van der Waals surface area (Å²) in [6.45, 7) is 4.98. The highest BCUT2D eigenvalue weighted by atomic mass is 79.9. The van der Waals surface area contributed by atoms with Crippen LogP contribution in [0.3, 0.4) is 0 Å². The molecule has 2 N–H and O–H groups in total. The summed E-state index contributed by atoms with van der Waals surface area (Å²) in [4.78, 5) is 11.6. The fraction of sp³-hybridized carbons (Fsp3) is 0.500. The van der Waals surface area contributed by atoms with Gasteiger partial charge in [0, 0.05) is 16.7 Å². The van der Waals surface area contributed by atoms with Crippen molar-refractivity contribution in [2.24, 2.45) is 11.8 Å². The van der Waals surface area contributed by atoms with E-state index in [4.69, 9.17) is 0 Å². The van der Waals surface area contributed by atoms with E-state index in [0.29, 0.717) is 5.92 Å².